The summed E-state index contributed by atoms with van der Waals surface area (Å²) in [4.78, 5) is 28.7. The summed E-state index contributed by atoms with van der Waals surface area (Å²) in [5.41, 5.74) is 8.48. The second-order valence-electron chi connectivity index (χ2n) is 11.1. The van der Waals surface area contributed by atoms with E-state index in [1.807, 2.05) is 73.3 Å². The molecular weight excluding hydrogens is 502 g/mol. The van der Waals surface area contributed by atoms with Crippen molar-refractivity contribution in [1.82, 2.24) is 10.2 Å². The highest BCUT2D eigenvalue weighted by molar-refractivity contribution is 5.96. The number of hydrogen-bond acceptors (Lipinski definition) is 5. The summed E-state index contributed by atoms with van der Waals surface area (Å²) >= 11 is 0. The van der Waals surface area contributed by atoms with Gasteiger partial charge in [-0.25, -0.2) is 0 Å². The van der Waals surface area contributed by atoms with Crippen LogP contribution in [-0.2, 0) is 22.4 Å². The van der Waals surface area contributed by atoms with Crippen molar-refractivity contribution in [2.45, 2.75) is 64.2 Å². The molecule has 2 amide bonds. The minimum atomic E-state index is -1.26. The predicted octanol–water partition coefficient (Wildman–Crippen LogP) is 3.46. The number of nitrogens with zero attached hydrogens (tertiary/aromatic N) is 1. The van der Waals surface area contributed by atoms with Crippen molar-refractivity contribution in [1.29, 1.82) is 0 Å². The number of benzene rings is 2. The van der Waals surface area contributed by atoms with Gasteiger partial charge < -0.3 is 26.2 Å². The van der Waals surface area contributed by atoms with E-state index in [0.717, 1.165) is 29.5 Å². The van der Waals surface area contributed by atoms with E-state index in [0.29, 0.717) is 31.5 Å². The standard InChI is InChI=1S/C33H43N3O4/c1-3-17-36(18-4-2)31(39)25-14-10-16-33(21-25,32(34)40)27(19-23-11-6-5-7-12-23)29(38)22-35-30-26-15-9-8-13-24(26)20-28(30)37/h5-16,27-30,35,37-38H,3-4,17-22H2,1-2H3,(H2,34,40)/t27-,28-,29+,30+,33?/m1/s1. The van der Waals surface area contributed by atoms with E-state index >= 15 is 0 Å². The molecule has 0 bridgehead atoms. The molecule has 0 heterocycles. The van der Waals surface area contributed by atoms with Crippen molar-refractivity contribution in [3.05, 3.63) is 95.1 Å². The van der Waals surface area contributed by atoms with E-state index < -0.39 is 29.4 Å². The quantitative estimate of drug-likeness (QED) is 0.308. The van der Waals surface area contributed by atoms with E-state index in [-0.39, 0.29) is 24.9 Å². The molecule has 1 unspecified atom stereocenters. The molecule has 0 saturated heterocycles. The van der Waals surface area contributed by atoms with Gasteiger partial charge in [-0.2, -0.15) is 0 Å². The zero-order valence-electron chi connectivity index (χ0n) is 23.6. The van der Waals surface area contributed by atoms with Crippen molar-refractivity contribution < 1.29 is 19.8 Å². The fourth-order valence-corrected chi connectivity index (χ4v) is 6.32. The smallest absolute Gasteiger partial charge is 0.249 e. The summed E-state index contributed by atoms with van der Waals surface area (Å²) in [5, 5.41) is 25.8. The number of allylic oxidation sites excluding steroid dienone is 2. The molecule has 0 fully saturated rings. The van der Waals surface area contributed by atoms with E-state index in [2.05, 4.69) is 5.32 Å². The van der Waals surface area contributed by atoms with E-state index in [4.69, 9.17) is 5.73 Å². The van der Waals surface area contributed by atoms with Gasteiger partial charge in [-0.1, -0.05) is 86.7 Å². The topological polar surface area (TPSA) is 116 Å². The molecule has 40 heavy (non-hydrogen) atoms. The molecule has 5 atom stereocenters. The van der Waals surface area contributed by atoms with Crippen molar-refractivity contribution >= 4 is 11.8 Å². The van der Waals surface area contributed by atoms with Crippen molar-refractivity contribution in [2.75, 3.05) is 19.6 Å². The summed E-state index contributed by atoms with van der Waals surface area (Å²) in [6.07, 6.45) is 6.47. The zero-order chi connectivity index (χ0) is 28.7. The van der Waals surface area contributed by atoms with Crippen molar-refractivity contribution in [3.8, 4) is 0 Å². The minimum absolute atomic E-state index is 0.0876. The Balaban J connectivity index is 1.62. The van der Waals surface area contributed by atoms with E-state index in [1.165, 1.54) is 0 Å². The predicted molar refractivity (Wildman–Crippen MR) is 157 cm³/mol. The summed E-state index contributed by atoms with van der Waals surface area (Å²) in [5.74, 6) is -1.26. The molecule has 2 aromatic carbocycles. The van der Waals surface area contributed by atoms with Gasteiger partial charge in [0.2, 0.25) is 11.8 Å². The third-order valence-corrected chi connectivity index (χ3v) is 8.36. The number of rotatable bonds is 13. The van der Waals surface area contributed by atoms with E-state index in [1.54, 1.807) is 18.2 Å². The number of amides is 2. The lowest BCUT2D eigenvalue weighted by Gasteiger charge is -2.41. The van der Waals surface area contributed by atoms with Crippen molar-refractivity contribution in [3.63, 3.8) is 0 Å². The maximum atomic E-state index is 13.6. The molecule has 4 rings (SSSR count). The Labute approximate surface area is 237 Å². The third-order valence-electron chi connectivity index (χ3n) is 8.36. The molecular formula is C33H43N3O4. The van der Waals surface area contributed by atoms with Gasteiger partial charge in [0.15, 0.2) is 0 Å². The summed E-state index contributed by atoms with van der Waals surface area (Å²) in [7, 11) is 0. The normalized spacial score (nSPS) is 23.2. The SMILES string of the molecule is CCCN(CCC)C(=O)C1=CC=CC(C(N)=O)([C@H](Cc2ccccc2)[C@@H](O)CN[C@H]2c3ccccc3C[C@H]2O)C1. The summed E-state index contributed by atoms with van der Waals surface area (Å²) in [6.45, 7) is 5.52. The van der Waals surface area contributed by atoms with Gasteiger partial charge in [0.25, 0.3) is 0 Å². The number of aliphatic hydroxyl groups is 2. The number of nitrogens with one attached hydrogen (secondary N) is 1. The molecule has 5 N–H and O–H groups in total. The minimum Gasteiger partial charge on any atom is -0.391 e. The van der Waals surface area contributed by atoms with Crippen LogP contribution in [0.15, 0.2) is 78.4 Å². The van der Waals surface area contributed by atoms with Gasteiger partial charge in [-0.3, -0.25) is 9.59 Å². The number of primary amides is 1. The Kier molecular flexibility index (Phi) is 9.95. The van der Waals surface area contributed by atoms with Crippen LogP contribution in [0.5, 0.6) is 0 Å². The molecule has 0 aliphatic heterocycles. The highest BCUT2D eigenvalue weighted by atomic mass is 16.3. The van der Waals surface area contributed by atoms with Crippen LogP contribution >= 0.6 is 0 Å². The van der Waals surface area contributed by atoms with Gasteiger partial charge in [0, 0.05) is 37.5 Å². The molecule has 2 aromatic rings. The Bertz CT molecular complexity index is 1220. The van der Waals surface area contributed by atoms with Crippen LogP contribution < -0.4 is 11.1 Å². The molecule has 0 spiro atoms. The lowest BCUT2D eigenvalue weighted by Crippen LogP contribution is -2.52. The highest BCUT2D eigenvalue weighted by Crippen LogP contribution is 2.43. The van der Waals surface area contributed by atoms with Gasteiger partial charge in [0.1, 0.15) is 0 Å². The monoisotopic (exact) mass is 545 g/mol. The van der Waals surface area contributed by atoms with Gasteiger partial charge in [0.05, 0.1) is 23.7 Å². The van der Waals surface area contributed by atoms with Crippen LogP contribution in [0.25, 0.3) is 0 Å². The Morgan fingerprint density at radius 3 is 2.42 bits per heavy atom. The number of hydrogen-bond donors (Lipinski definition) is 4. The number of fused-ring (bicyclic) bond motifs is 1. The average molecular weight is 546 g/mol. The maximum absolute atomic E-state index is 13.6. The van der Waals surface area contributed by atoms with Gasteiger partial charge >= 0.3 is 0 Å². The van der Waals surface area contributed by atoms with Crippen LogP contribution in [0.4, 0.5) is 0 Å². The fourth-order valence-electron chi connectivity index (χ4n) is 6.32. The largest absolute Gasteiger partial charge is 0.391 e. The van der Waals surface area contributed by atoms with Crippen LogP contribution in [-0.4, -0.2) is 58.8 Å². The summed E-state index contributed by atoms with van der Waals surface area (Å²) in [6, 6.07) is 17.3. The lowest BCUT2D eigenvalue weighted by molar-refractivity contribution is -0.132. The van der Waals surface area contributed by atoms with Crippen LogP contribution in [0.3, 0.4) is 0 Å². The molecule has 0 radical (unpaired) electrons. The number of carbonyl (C=O) groups excluding carboxylic acids is 2. The van der Waals surface area contributed by atoms with Gasteiger partial charge in [-0.05, 0) is 42.4 Å². The number of carbonyl (C=O) groups is 2. The van der Waals surface area contributed by atoms with E-state index in [9.17, 15) is 19.8 Å². The Morgan fingerprint density at radius 1 is 1.07 bits per heavy atom. The Morgan fingerprint density at radius 2 is 1.75 bits per heavy atom. The first-order valence-electron chi connectivity index (χ1n) is 14.5. The average Bonchev–Trinajstić information content (AvgIpc) is 3.29. The summed E-state index contributed by atoms with van der Waals surface area (Å²) < 4.78 is 0. The molecule has 7 nitrogen and oxygen atoms in total. The number of aliphatic hydroxyl groups excluding tert-OH is 2. The molecule has 2 aliphatic carbocycles. The second-order valence-corrected chi connectivity index (χ2v) is 11.1. The number of nitrogens with two attached hydrogens (primary N) is 1. The van der Waals surface area contributed by atoms with Crippen LogP contribution in [0, 0.1) is 11.3 Å². The fraction of sp³-hybridized carbons (Fsp3) is 0.455. The molecule has 0 saturated carbocycles. The first-order valence-corrected chi connectivity index (χ1v) is 14.5. The molecule has 0 aromatic heterocycles. The maximum Gasteiger partial charge on any atom is 0.249 e. The third kappa shape index (κ3) is 6.38. The second kappa shape index (κ2) is 13.4. The van der Waals surface area contributed by atoms with Crippen LogP contribution in [0.1, 0.15) is 55.8 Å². The highest BCUT2D eigenvalue weighted by Gasteiger charge is 2.48. The van der Waals surface area contributed by atoms with Crippen molar-refractivity contribution in [2.24, 2.45) is 17.1 Å². The van der Waals surface area contributed by atoms with Crippen LogP contribution in [0.2, 0.25) is 0 Å². The lowest BCUT2D eigenvalue weighted by atomic mass is 9.64. The Hall–Kier alpha value is -3.26. The molecule has 2 aliphatic rings. The molecule has 214 valence electrons. The molecule has 7 heteroatoms. The van der Waals surface area contributed by atoms with Gasteiger partial charge in [-0.15, -0.1) is 0 Å². The first-order chi connectivity index (χ1) is 19.3. The first kappa shape index (κ1) is 29.7. The zero-order valence-corrected chi connectivity index (χ0v) is 23.6.